The molecule has 1 heterocycles. The molecule has 2 rings (SSSR count). The highest BCUT2D eigenvalue weighted by Gasteiger charge is 2.10. The second-order valence-electron chi connectivity index (χ2n) is 4.07. The van der Waals surface area contributed by atoms with Gasteiger partial charge in [0.2, 0.25) is 0 Å². The molecule has 0 bridgehead atoms. The van der Waals surface area contributed by atoms with Crippen LogP contribution in [0.15, 0.2) is 35.1 Å². The van der Waals surface area contributed by atoms with Crippen LogP contribution < -0.4 is 5.56 Å². The third-order valence-electron chi connectivity index (χ3n) is 3.02. The average Bonchev–Trinajstić information content (AvgIpc) is 2.28. The molecular formula is C14H15NO. The smallest absolute Gasteiger partial charge is 0.251 e. The molecule has 0 amide bonds. The van der Waals surface area contributed by atoms with Gasteiger partial charge in [-0.3, -0.25) is 4.79 Å². The number of hydrogen-bond donors (Lipinski definition) is 1. The number of aryl methyl sites for hydroxylation is 1. The summed E-state index contributed by atoms with van der Waals surface area (Å²) in [5, 5.41) is 0. The lowest BCUT2D eigenvalue weighted by Crippen LogP contribution is -2.14. The minimum Gasteiger partial charge on any atom is -0.326 e. The zero-order chi connectivity index (χ0) is 11.7. The van der Waals surface area contributed by atoms with Crippen LogP contribution in [-0.4, -0.2) is 4.98 Å². The van der Waals surface area contributed by atoms with Crippen LogP contribution in [0.5, 0.6) is 0 Å². The molecule has 0 spiro atoms. The summed E-state index contributed by atoms with van der Waals surface area (Å²) in [6.07, 6.45) is 0. The van der Waals surface area contributed by atoms with Crippen LogP contribution in [0.25, 0.3) is 11.1 Å². The number of pyridine rings is 1. The third kappa shape index (κ3) is 1.67. The Balaban J connectivity index is 2.76. The van der Waals surface area contributed by atoms with E-state index < -0.39 is 0 Å². The maximum atomic E-state index is 11.6. The Labute approximate surface area is 95.0 Å². The molecule has 0 atom stereocenters. The largest absolute Gasteiger partial charge is 0.326 e. The predicted octanol–water partition coefficient (Wildman–Crippen LogP) is 2.97. The van der Waals surface area contributed by atoms with Crippen LogP contribution in [0.1, 0.15) is 16.8 Å². The van der Waals surface area contributed by atoms with E-state index in [2.05, 4.69) is 17.1 Å². The Bertz CT molecular complexity index is 567. The molecule has 0 aliphatic heterocycles. The van der Waals surface area contributed by atoms with E-state index in [4.69, 9.17) is 0 Å². The summed E-state index contributed by atoms with van der Waals surface area (Å²) in [5.41, 5.74) is 5.08. The molecule has 1 aromatic heterocycles. The van der Waals surface area contributed by atoms with Gasteiger partial charge in [0.05, 0.1) is 0 Å². The van der Waals surface area contributed by atoms with Crippen molar-refractivity contribution >= 4 is 0 Å². The number of rotatable bonds is 1. The molecule has 0 aliphatic carbocycles. The van der Waals surface area contributed by atoms with Gasteiger partial charge >= 0.3 is 0 Å². The molecule has 1 aromatic carbocycles. The molecule has 1 N–H and O–H groups in total. The van der Waals surface area contributed by atoms with Crippen molar-refractivity contribution in [2.24, 2.45) is 0 Å². The van der Waals surface area contributed by atoms with E-state index in [1.165, 1.54) is 0 Å². The van der Waals surface area contributed by atoms with Gasteiger partial charge in [-0.25, -0.2) is 0 Å². The minimum absolute atomic E-state index is 0.00896. The number of benzene rings is 1. The monoisotopic (exact) mass is 213 g/mol. The standard InChI is InChI=1S/C14H15NO/c1-9-10(2)14(16)15-11(3)13(9)12-7-5-4-6-8-12/h4-8H,1-3H3,(H,15,16). The Kier molecular flexibility index (Phi) is 2.65. The van der Waals surface area contributed by atoms with Crippen LogP contribution in [-0.2, 0) is 0 Å². The second-order valence-corrected chi connectivity index (χ2v) is 4.07. The van der Waals surface area contributed by atoms with Crippen molar-refractivity contribution in [1.29, 1.82) is 0 Å². The maximum Gasteiger partial charge on any atom is 0.251 e. The van der Waals surface area contributed by atoms with Crippen LogP contribution in [0, 0.1) is 20.8 Å². The number of H-pyrrole nitrogens is 1. The first kappa shape index (κ1) is 10.7. The first-order valence-electron chi connectivity index (χ1n) is 5.36. The molecule has 0 fully saturated rings. The van der Waals surface area contributed by atoms with Crippen LogP contribution >= 0.6 is 0 Å². The zero-order valence-electron chi connectivity index (χ0n) is 9.79. The third-order valence-corrected chi connectivity index (χ3v) is 3.02. The van der Waals surface area contributed by atoms with Gasteiger partial charge in [0.15, 0.2) is 0 Å². The summed E-state index contributed by atoms with van der Waals surface area (Å²) in [6, 6.07) is 10.1. The molecule has 82 valence electrons. The first-order chi connectivity index (χ1) is 7.61. The Morgan fingerprint density at radius 3 is 2.19 bits per heavy atom. The molecule has 0 unspecified atom stereocenters. The van der Waals surface area contributed by atoms with Crippen LogP contribution in [0.2, 0.25) is 0 Å². The van der Waals surface area contributed by atoms with Gasteiger partial charge in [0, 0.05) is 16.8 Å². The average molecular weight is 213 g/mol. The van der Waals surface area contributed by atoms with Crippen molar-refractivity contribution in [3.8, 4) is 11.1 Å². The van der Waals surface area contributed by atoms with Gasteiger partial charge < -0.3 is 4.98 Å². The lowest BCUT2D eigenvalue weighted by atomic mass is 9.97. The van der Waals surface area contributed by atoms with Gasteiger partial charge in [-0.2, -0.15) is 0 Å². The van der Waals surface area contributed by atoms with Crippen molar-refractivity contribution in [2.75, 3.05) is 0 Å². The fourth-order valence-electron chi connectivity index (χ4n) is 2.00. The van der Waals surface area contributed by atoms with Crippen molar-refractivity contribution in [2.45, 2.75) is 20.8 Å². The van der Waals surface area contributed by atoms with E-state index in [0.29, 0.717) is 0 Å². The topological polar surface area (TPSA) is 32.9 Å². The van der Waals surface area contributed by atoms with E-state index in [-0.39, 0.29) is 5.56 Å². The van der Waals surface area contributed by atoms with Crippen molar-refractivity contribution in [3.63, 3.8) is 0 Å². The molecule has 2 heteroatoms. The second kappa shape index (κ2) is 3.97. The lowest BCUT2D eigenvalue weighted by molar-refractivity contribution is 1.08. The van der Waals surface area contributed by atoms with Crippen molar-refractivity contribution in [1.82, 2.24) is 4.98 Å². The van der Waals surface area contributed by atoms with Gasteiger partial charge in [-0.15, -0.1) is 0 Å². The van der Waals surface area contributed by atoms with E-state index in [9.17, 15) is 4.79 Å². The molecule has 0 saturated carbocycles. The summed E-state index contributed by atoms with van der Waals surface area (Å²) in [4.78, 5) is 14.5. The molecule has 16 heavy (non-hydrogen) atoms. The highest BCUT2D eigenvalue weighted by Crippen LogP contribution is 2.25. The van der Waals surface area contributed by atoms with Gasteiger partial charge in [0.1, 0.15) is 0 Å². The van der Waals surface area contributed by atoms with E-state index in [0.717, 1.165) is 27.9 Å². The summed E-state index contributed by atoms with van der Waals surface area (Å²) < 4.78 is 0. The fourth-order valence-corrected chi connectivity index (χ4v) is 2.00. The van der Waals surface area contributed by atoms with Gasteiger partial charge in [0.25, 0.3) is 5.56 Å². The molecule has 2 nitrogen and oxygen atoms in total. The lowest BCUT2D eigenvalue weighted by Gasteiger charge is -2.11. The fraction of sp³-hybridized carbons (Fsp3) is 0.214. The Morgan fingerprint density at radius 1 is 0.938 bits per heavy atom. The van der Waals surface area contributed by atoms with Crippen LogP contribution in [0.3, 0.4) is 0 Å². The zero-order valence-corrected chi connectivity index (χ0v) is 9.79. The van der Waals surface area contributed by atoms with Gasteiger partial charge in [-0.1, -0.05) is 30.3 Å². The molecular weight excluding hydrogens is 198 g/mol. The van der Waals surface area contributed by atoms with E-state index in [1.54, 1.807) is 0 Å². The predicted molar refractivity (Wildman–Crippen MR) is 66.7 cm³/mol. The summed E-state index contributed by atoms with van der Waals surface area (Å²) in [7, 11) is 0. The highest BCUT2D eigenvalue weighted by atomic mass is 16.1. The van der Waals surface area contributed by atoms with Gasteiger partial charge in [-0.05, 0) is 31.9 Å². The number of hydrogen-bond acceptors (Lipinski definition) is 1. The number of aromatic nitrogens is 1. The number of nitrogens with one attached hydrogen (secondary N) is 1. The Morgan fingerprint density at radius 2 is 1.56 bits per heavy atom. The van der Waals surface area contributed by atoms with Crippen molar-refractivity contribution < 1.29 is 0 Å². The SMILES string of the molecule is Cc1[nH]c(=O)c(C)c(C)c1-c1ccccc1. The maximum absolute atomic E-state index is 11.6. The molecule has 2 aromatic rings. The summed E-state index contributed by atoms with van der Waals surface area (Å²) in [5.74, 6) is 0. The molecule has 0 radical (unpaired) electrons. The van der Waals surface area contributed by atoms with Crippen molar-refractivity contribution in [3.05, 3.63) is 57.5 Å². The quantitative estimate of drug-likeness (QED) is 0.776. The summed E-state index contributed by atoms with van der Waals surface area (Å²) in [6.45, 7) is 5.80. The summed E-state index contributed by atoms with van der Waals surface area (Å²) >= 11 is 0. The van der Waals surface area contributed by atoms with E-state index >= 15 is 0 Å². The van der Waals surface area contributed by atoms with E-state index in [1.807, 2.05) is 39.0 Å². The Hall–Kier alpha value is -1.83. The first-order valence-corrected chi connectivity index (χ1v) is 5.36. The normalized spacial score (nSPS) is 10.4. The molecule has 0 saturated heterocycles. The minimum atomic E-state index is 0.00896. The highest BCUT2D eigenvalue weighted by molar-refractivity contribution is 5.70. The van der Waals surface area contributed by atoms with Crippen LogP contribution in [0.4, 0.5) is 0 Å². The molecule has 0 aliphatic rings. The number of aromatic amines is 1.